The zero-order valence-corrected chi connectivity index (χ0v) is 10.6. The molecule has 0 saturated heterocycles. The Hall–Kier alpha value is -1.76. The first kappa shape index (κ1) is 11.7. The highest BCUT2D eigenvalue weighted by atomic mass is 79.9. The summed E-state index contributed by atoms with van der Waals surface area (Å²) in [5, 5.41) is 6.32. The highest BCUT2D eigenvalue weighted by molar-refractivity contribution is 9.10. The standard InChI is InChI=1S/C10H9BrN4O2/c1-6-13-9(15-17-6)4-10(16)14-7-2-3-8(11)12-5-7/h2-3,5H,4H2,1H3,(H,14,16). The van der Waals surface area contributed by atoms with E-state index in [0.29, 0.717) is 22.0 Å². The molecule has 1 amide bonds. The van der Waals surface area contributed by atoms with Crippen molar-refractivity contribution in [2.75, 3.05) is 5.32 Å². The van der Waals surface area contributed by atoms with Crippen molar-refractivity contribution in [1.29, 1.82) is 0 Å². The van der Waals surface area contributed by atoms with E-state index in [1.807, 2.05) is 0 Å². The van der Waals surface area contributed by atoms with Crippen LogP contribution in [0.1, 0.15) is 11.7 Å². The molecule has 0 atom stereocenters. The van der Waals surface area contributed by atoms with Gasteiger partial charge in [-0.15, -0.1) is 0 Å². The monoisotopic (exact) mass is 296 g/mol. The van der Waals surface area contributed by atoms with Crippen LogP contribution >= 0.6 is 15.9 Å². The molecule has 1 N–H and O–H groups in total. The summed E-state index contributed by atoms with van der Waals surface area (Å²) in [5.74, 6) is 0.595. The topological polar surface area (TPSA) is 80.9 Å². The maximum absolute atomic E-state index is 11.6. The van der Waals surface area contributed by atoms with Gasteiger partial charge >= 0.3 is 0 Å². The van der Waals surface area contributed by atoms with Gasteiger partial charge in [-0.05, 0) is 28.1 Å². The number of nitrogens with zero attached hydrogens (tertiary/aromatic N) is 3. The fourth-order valence-electron chi connectivity index (χ4n) is 1.21. The van der Waals surface area contributed by atoms with Gasteiger partial charge in [-0.3, -0.25) is 4.79 Å². The minimum atomic E-state index is -0.213. The van der Waals surface area contributed by atoms with Crippen LogP contribution in [0.25, 0.3) is 0 Å². The number of aryl methyl sites for hydroxylation is 1. The minimum absolute atomic E-state index is 0.0768. The molecule has 2 rings (SSSR count). The summed E-state index contributed by atoms with van der Waals surface area (Å²) in [5.41, 5.74) is 0.624. The number of anilines is 1. The Balaban J connectivity index is 1.95. The second-order valence-corrected chi connectivity index (χ2v) is 4.14. The smallest absolute Gasteiger partial charge is 0.232 e. The molecule has 0 unspecified atom stereocenters. The molecule has 0 aliphatic heterocycles. The summed E-state index contributed by atoms with van der Waals surface area (Å²) in [6.07, 6.45) is 1.64. The number of carbonyl (C=O) groups excluding carboxylic acids is 1. The van der Waals surface area contributed by atoms with Gasteiger partial charge in [-0.1, -0.05) is 5.16 Å². The van der Waals surface area contributed by atoms with Crippen LogP contribution in [-0.2, 0) is 11.2 Å². The number of hydrogen-bond acceptors (Lipinski definition) is 5. The summed E-state index contributed by atoms with van der Waals surface area (Å²) >= 11 is 3.21. The van der Waals surface area contributed by atoms with Gasteiger partial charge in [-0.2, -0.15) is 4.98 Å². The number of nitrogens with one attached hydrogen (secondary N) is 1. The van der Waals surface area contributed by atoms with Crippen LogP contribution in [0.2, 0.25) is 0 Å². The van der Waals surface area contributed by atoms with E-state index < -0.39 is 0 Å². The molecule has 7 heteroatoms. The zero-order valence-electron chi connectivity index (χ0n) is 8.98. The molecular formula is C10H9BrN4O2. The van der Waals surface area contributed by atoms with Crippen molar-refractivity contribution in [2.45, 2.75) is 13.3 Å². The third-order valence-electron chi connectivity index (χ3n) is 1.90. The minimum Gasteiger partial charge on any atom is -0.340 e. The highest BCUT2D eigenvalue weighted by Gasteiger charge is 2.09. The van der Waals surface area contributed by atoms with Gasteiger partial charge < -0.3 is 9.84 Å². The van der Waals surface area contributed by atoms with Crippen molar-refractivity contribution in [3.05, 3.63) is 34.6 Å². The van der Waals surface area contributed by atoms with Crippen LogP contribution in [0.4, 0.5) is 5.69 Å². The van der Waals surface area contributed by atoms with Crippen LogP contribution in [-0.4, -0.2) is 21.0 Å². The van der Waals surface area contributed by atoms with E-state index in [2.05, 4.69) is 36.4 Å². The lowest BCUT2D eigenvalue weighted by atomic mass is 10.3. The second kappa shape index (κ2) is 5.05. The number of rotatable bonds is 3. The lowest BCUT2D eigenvalue weighted by Crippen LogP contribution is -2.15. The molecule has 0 saturated carbocycles. The van der Waals surface area contributed by atoms with Crippen molar-refractivity contribution >= 4 is 27.5 Å². The SMILES string of the molecule is Cc1nc(CC(=O)Nc2ccc(Br)nc2)no1. The molecular weight excluding hydrogens is 288 g/mol. The van der Waals surface area contributed by atoms with Gasteiger partial charge in [0.05, 0.1) is 18.3 Å². The van der Waals surface area contributed by atoms with Crippen molar-refractivity contribution in [2.24, 2.45) is 0 Å². The van der Waals surface area contributed by atoms with Crippen molar-refractivity contribution in [1.82, 2.24) is 15.1 Å². The molecule has 0 aliphatic rings. The predicted octanol–water partition coefficient (Wildman–Crippen LogP) is 1.72. The maximum atomic E-state index is 11.6. The fraction of sp³-hybridized carbons (Fsp3) is 0.200. The van der Waals surface area contributed by atoms with Gasteiger partial charge in [0.1, 0.15) is 4.60 Å². The zero-order chi connectivity index (χ0) is 12.3. The summed E-state index contributed by atoms with van der Waals surface area (Å²) in [4.78, 5) is 19.5. The van der Waals surface area contributed by atoms with E-state index in [0.717, 1.165) is 0 Å². The first-order chi connectivity index (χ1) is 8.13. The second-order valence-electron chi connectivity index (χ2n) is 3.32. The Morgan fingerprint density at radius 1 is 1.53 bits per heavy atom. The lowest BCUT2D eigenvalue weighted by Gasteiger charge is -2.02. The van der Waals surface area contributed by atoms with Gasteiger partial charge in [0.2, 0.25) is 11.8 Å². The van der Waals surface area contributed by atoms with E-state index in [1.54, 1.807) is 25.3 Å². The van der Waals surface area contributed by atoms with Gasteiger partial charge in [0.15, 0.2) is 5.82 Å². The molecule has 0 radical (unpaired) electrons. The van der Waals surface area contributed by atoms with Crippen LogP contribution in [0.5, 0.6) is 0 Å². The largest absolute Gasteiger partial charge is 0.340 e. The Labute approximate surface area is 106 Å². The average molecular weight is 297 g/mol. The lowest BCUT2D eigenvalue weighted by molar-refractivity contribution is -0.115. The number of pyridine rings is 1. The first-order valence-electron chi connectivity index (χ1n) is 4.84. The predicted molar refractivity (Wildman–Crippen MR) is 63.3 cm³/mol. The molecule has 0 fully saturated rings. The number of hydrogen-bond donors (Lipinski definition) is 1. The molecule has 0 spiro atoms. The molecule has 6 nitrogen and oxygen atoms in total. The Morgan fingerprint density at radius 3 is 2.94 bits per heavy atom. The van der Waals surface area contributed by atoms with Gasteiger partial charge in [0.25, 0.3) is 0 Å². The number of aromatic nitrogens is 3. The van der Waals surface area contributed by atoms with Crippen LogP contribution in [0.3, 0.4) is 0 Å². The van der Waals surface area contributed by atoms with Crippen molar-refractivity contribution < 1.29 is 9.32 Å². The van der Waals surface area contributed by atoms with E-state index in [9.17, 15) is 4.79 Å². The Bertz CT molecular complexity index is 523. The third-order valence-corrected chi connectivity index (χ3v) is 2.37. The van der Waals surface area contributed by atoms with Gasteiger partial charge in [0, 0.05) is 6.92 Å². The Morgan fingerprint density at radius 2 is 2.35 bits per heavy atom. The summed E-state index contributed by atoms with van der Waals surface area (Å²) < 4.78 is 5.48. The van der Waals surface area contributed by atoms with Crippen molar-refractivity contribution in [3.63, 3.8) is 0 Å². The normalized spacial score (nSPS) is 10.2. The number of halogens is 1. The third kappa shape index (κ3) is 3.35. The molecule has 2 aromatic heterocycles. The quantitative estimate of drug-likeness (QED) is 0.872. The molecule has 2 aromatic rings. The Kier molecular flexibility index (Phi) is 3.48. The van der Waals surface area contributed by atoms with Crippen LogP contribution in [0, 0.1) is 6.92 Å². The molecule has 0 aromatic carbocycles. The molecule has 0 aliphatic carbocycles. The van der Waals surface area contributed by atoms with Crippen LogP contribution in [0.15, 0.2) is 27.5 Å². The van der Waals surface area contributed by atoms with Crippen molar-refractivity contribution in [3.8, 4) is 0 Å². The number of carbonyl (C=O) groups is 1. The summed E-state index contributed by atoms with van der Waals surface area (Å²) in [7, 11) is 0. The molecule has 2 heterocycles. The molecule has 0 bridgehead atoms. The fourth-order valence-corrected chi connectivity index (χ4v) is 1.45. The van der Waals surface area contributed by atoms with E-state index >= 15 is 0 Å². The maximum Gasteiger partial charge on any atom is 0.232 e. The average Bonchev–Trinajstić information content (AvgIpc) is 2.67. The van der Waals surface area contributed by atoms with E-state index in [-0.39, 0.29) is 12.3 Å². The summed E-state index contributed by atoms with van der Waals surface area (Å²) in [6, 6.07) is 3.49. The molecule has 88 valence electrons. The van der Waals surface area contributed by atoms with E-state index in [4.69, 9.17) is 4.52 Å². The highest BCUT2D eigenvalue weighted by Crippen LogP contribution is 2.10. The number of amides is 1. The summed E-state index contributed by atoms with van der Waals surface area (Å²) in [6.45, 7) is 1.67. The van der Waals surface area contributed by atoms with Gasteiger partial charge in [-0.25, -0.2) is 4.98 Å². The first-order valence-corrected chi connectivity index (χ1v) is 5.63. The van der Waals surface area contributed by atoms with E-state index in [1.165, 1.54) is 0 Å². The van der Waals surface area contributed by atoms with Crippen LogP contribution < -0.4 is 5.32 Å². The molecule has 17 heavy (non-hydrogen) atoms.